The van der Waals surface area contributed by atoms with Gasteiger partial charge in [-0.2, -0.15) is 0 Å². The van der Waals surface area contributed by atoms with Crippen molar-refractivity contribution in [3.05, 3.63) is 0 Å². The zero-order chi connectivity index (χ0) is 7.56. The largest absolute Gasteiger partial charge is 0.396 e. The van der Waals surface area contributed by atoms with Crippen molar-refractivity contribution in [3.63, 3.8) is 0 Å². The van der Waals surface area contributed by atoms with Gasteiger partial charge in [0.05, 0.1) is 0 Å². The first-order chi connectivity index (χ1) is 4.75. The van der Waals surface area contributed by atoms with Gasteiger partial charge in [-0.1, -0.05) is 0 Å². The molecule has 0 aromatic heterocycles. The molecule has 0 radical (unpaired) electrons. The predicted octanol–water partition coefficient (Wildman–Crippen LogP) is -0.872. The molecule has 3 heteroatoms. The van der Waals surface area contributed by atoms with Crippen molar-refractivity contribution in [1.82, 2.24) is 10.2 Å². The van der Waals surface area contributed by atoms with Crippen molar-refractivity contribution < 1.29 is 5.11 Å². The monoisotopic (exact) mass is 144 g/mol. The van der Waals surface area contributed by atoms with Gasteiger partial charge in [-0.3, -0.25) is 0 Å². The number of hydrogen-bond acceptors (Lipinski definition) is 3. The summed E-state index contributed by atoms with van der Waals surface area (Å²) in [5.41, 5.74) is 0. The predicted molar refractivity (Wildman–Crippen MR) is 40.9 cm³/mol. The minimum atomic E-state index is 0.301. The van der Waals surface area contributed by atoms with Gasteiger partial charge in [-0.25, -0.2) is 0 Å². The molecular formula is C7H16N2O. The lowest BCUT2D eigenvalue weighted by Gasteiger charge is -2.23. The van der Waals surface area contributed by atoms with Crippen LogP contribution in [0.1, 0.15) is 0 Å². The Kier molecular flexibility index (Phi) is 2.65. The number of rotatable bonds is 2. The molecule has 1 saturated heterocycles. The summed E-state index contributed by atoms with van der Waals surface area (Å²) >= 11 is 0. The zero-order valence-corrected chi connectivity index (χ0v) is 6.67. The summed E-state index contributed by atoms with van der Waals surface area (Å²) in [4.78, 5) is 2.17. The van der Waals surface area contributed by atoms with Crippen molar-refractivity contribution in [2.45, 2.75) is 6.04 Å². The molecule has 1 rings (SSSR count). The summed E-state index contributed by atoms with van der Waals surface area (Å²) in [5.74, 6) is 0.426. The molecule has 0 aromatic carbocycles. The molecule has 0 bridgehead atoms. The first kappa shape index (κ1) is 7.98. The van der Waals surface area contributed by atoms with E-state index >= 15 is 0 Å². The number of likely N-dealkylation sites (N-methyl/N-ethyl adjacent to an activating group) is 1. The Morgan fingerprint density at radius 3 is 2.60 bits per heavy atom. The lowest BCUT2D eigenvalue weighted by atomic mass is 10.0. The fraction of sp³-hybridized carbons (Fsp3) is 1.00. The average molecular weight is 144 g/mol. The second-order valence-corrected chi connectivity index (χ2v) is 3.13. The maximum absolute atomic E-state index is 8.92. The molecule has 0 amide bonds. The van der Waals surface area contributed by atoms with Crippen LogP contribution < -0.4 is 5.32 Å². The number of nitrogens with one attached hydrogen (secondary N) is 1. The van der Waals surface area contributed by atoms with Gasteiger partial charge < -0.3 is 15.3 Å². The fourth-order valence-electron chi connectivity index (χ4n) is 1.51. The van der Waals surface area contributed by atoms with Gasteiger partial charge in [0.2, 0.25) is 0 Å². The van der Waals surface area contributed by atoms with E-state index in [0.717, 1.165) is 13.1 Å². The number of aliphatic hydroxyl groups is 1. The minimum absolute atomic E-state index is 0.301. The van der Waals surface area contributed by atoms with Crippen LogP contribution in [0.5, 0.6) is 0 Å². The van der Waals surface area contributed by atoms with Crippen LogP contribution in [-0.2, 0) is 0 Å². The standard InChI is InChI=1S/C7H16N2O/c1-9(2)7-4-8-3-6(7)5-10/h6-8,10H,3-5H2,1-2H3/t6-,7+/m0/s1. The third-order valence-corrected chi connectivity index (χ3v) is 2.20. The Morgan fingerprint density at radius 1 is 1.50 bits per heavy atom. The van der Waals surface area contributed by atoms with E-state index in [-0.39, 0.29) is 0 Å². The van der Waals surface area contributed by atoms with Crippen LogP contribution in [-0.4, -0.2) is 49.8 Å². The van der Waals surface area contributed by atoms with Gasteiger partial charge in [-0.05, 0) is 14.1 Å². The third kappa shape index (κ3) is 1.48. The molecule has 1 aliphatic heterocycles. The van der Waals surface area contributed by atoms with E-state index < -0.39 is 0 Å². The molecule has 3 nitrogen and oxygen atoms in total. The molecule has 0 aliphatic carbocycles. The SMILES string of the molecule is CN(C)[C@@H]1CNC[C@H]1CO. The summed E-state index contributed by atoms with van der Waals surface area (Å²) in [6, 6.07) is 0.519. The molecule has 1 aliphatic rings. The van der Waals surface area contributed by atoms with E-state index in [0.29, 0.717) is 18.6 Å². The second-order valence-electron chi connectivity index (χ2n) is 3.13. The van der Waals surface area contributed by atoms with E-state index in [1.54, 1.807) is 0 Å². The van der Waals surface area contributed by atoms with Crippen LogP contribution in [0.15, 0.2) is 0 Å². The van der Waals surface area contributed by atoms with Gasteiger partial charge in [0.15, 0.2) is 0 Å². The molecule has 10 heavy (non-hydrogen) atoms. The topological polar surface area (TPSA) is 35.5 Å². The Hall–Kier alpha value is -0.120. The summed E-state index contributed by atoms with van der Waals surface area (Å²) < 4.78 is 0. The van der Waals surface area contributed by atoms with E-state index in [1.807, 2.05) is 0 Å². The summed E-state index contributed by atoms with van der Waals surface area (Å²) in [6.45, 7) is 2.27. The number of hydrogen-bond donors (Lipinski definition) is 2. The van der Waals surface area contributed by atoms with Gasteiger partial charge in [0, 0.05) is 31.7 Å². The van der Waals surface area contributed by atoms with Crippen molar-refractivity contribution >= 4 is 0 Å². The highest BCUT2D eigenvalue weighted by Crippen LogP contribution is 2.11. The highest BCUT2D eigenvalue weighted by atomic mass is 16.3. The highest BCUT2D eigenvalue weighted by molar-refractivity contribution is 4.85. The Morgan fingerprint density at radius 2 is 2.20 bits per heavy atom. The van der Waals surface area contributed by atoms with Gasteiger partial charge in [-0.15, -0.1) is 0 Å². The molecule has 1 fully saturated rings. The first-order valence-corrected chi connectivity index (χ1v) is 3.73. The Balaban J connectivity index is 2.42. The smallest absolute Gasteiger partial charge is 0.0486 e. The van der Waals surface area contributed by atoms with Crippen LogP contribution in [0.2, 0.25) is 0 Å². The van der Waals surface area contributed by atoms with Crippen LogP contribution in [0, 0.1) is 5.92 Å². The van der Waals surface area contributed by atoms with Crippen molar-refractivity contribution in [2.24, 2.45) is 5.92 Å². The first-order valence-electron chi connectivity index (χ1n) is 3.73. The van der Waals surface area contributed by atoms with Crippen molar-refractivity contribution in [3.8, 4) is 0 Å². The molecule has 0 spiro atoms. The quantitative estimate of drug-likeness (QED) is 0.529. The molecule has 0 saturated carbocycles. The van der Waals surface area contributed by atoms with E-state index in [1.165, 1.54) is 0 Å². The average Bonchev–Trinajstić information content (AvgIpc) is 2.33. The fourth-order valence-corrected chi connectivity index (χ4v) is 1.51. The van der Waals surface area contributed by atoms with Crippen molar-refractivity contribution in [1.29, 1.82) is 0 Å². The van der Waals surface area contributed by atoms with Crippen molar-refractivity contribution in [2.75, 3.05) is 33.8 Å². The molecular weight excluding hydrogens is 128 g/mol. The molecule has 2 N–H and O–H groups in total. The van der Waals surface area contributed by atoms with E-state index in [4.69, 9.17) is 5.11 Å². The Bertz CT molecular complexity index is 106. The lowest BCUT2D eigenvalue weighted by molar-refractivity contribution is 0.168. The van der Waals surface area contributed by atoms with Crippen LogP contribution in [0.3, 0.4) is 0 Å². The summed E-state index contributed by atoms with van der Waals surface area (Å²) in [6.07, 6.45) is 0. The summed E-state index contributed by atoms with van der Waals surface area (Å²) in [7, 11) is 4.11. The zero-order valence-electron chi connectivity index (χ0n) is 6.67. The van der Waals surface area contributed by atoms with Gasteiger partial charge in [0.25, 0.3) is 0 Å². The minimum Gasteiger partial charge on any atom is -0.396 e. The Labute approximate surface area is 62.0 Å². The molecule has 2 atom stereocenters. The van der Waals surface area contributed by atoms with Gasteiger partial charge >= 0.3 is 0 Å². The third-order valence-electron chi connectivity index (χ3n) is 2.20. The number of nitrogens with zero attached hydrogens (tertiary/aromatic N) is 1. The van der Waals surface area contributed by atoms with E-state index in [9.17, 15) is 0 Å². The lowest BCUT2D eigenvalue weighted by Crippen LogP contribution is -2.36. The summed E-state index contributed by atoms with van der Waals surface area (Å²) in [5, 5.41) is 12.2. The maximum Gasteiger partial charge on any atom is 0.0486 e. The molecule has 60 valence electrons. The van der Waals surface area contributed by atoms with Crippen LogP contribution in [0.4, 0.5) is 0 Å². The van der Waals surface area contributed by atoms with E-state index in [2.05, 4.69) is 24.3 Å². The molecule has 1 heterocycles. The maximum atomic E-state index is 8.92. The molecule has 0 aromatic rings. The van der Waals surface area contributed by atoms with Gasteiger partial charge in [0.1, 0.15) is 0 Å². The highest BCUT2D eigenvalue weighted by Gasteiger charge is 2.27. The number of aliphatic hydroxyl groups excluding tert-OH is 1. The van der Waals surface area contributed by atoms with Crippen LogP contribution in [0.25, 0.3) is 0 Å². The molecule has 0 unspecified atom stereocenters. The van der Waals surface area contributed by atoms with Crippen LogP contribution >= 0.6 is 0 Å². The normalized spacial score (nSPS) is 33.6. The second kappa shape index (κ2) is 3.32.